The molecule has 1 unspecified atom stereocenters. The molecule has 2 saturated heterocycles. The zero-order valence-electron chi connectivity index (χ0n) is 22.5. The van der Waals surface area contributed by atoms with Crippen molar-refractivity contribution in [1.82, 2.24) is 25.3 Å². The fourth-order valence-corrected chi connectivity index (χ4v) is 5.49. The maximum absolute atomic E-state index is 14.1. The van der Waals surface area contributed by atoms with Crippen molar-refractivity contribution in [2.45, 2.75) is 37.8 Å². The van der Waals surface area contributed by atoms with Gasteiger partial charge in [-0.05, 0) is 56.1 Å². The van der Waals surface area contributed by atoms with Crippen LogP contribution >= 0.6 is 24.8 Å². The third kappa shape index (κ3) is 6.92. The van der Waals surface area contributed by atoms with E-state index in [9.17, 15) is 13.6 Å². The number of nitrogens with zero attached hydrogens (tertiary/aromatic N) is 3. The summed E-state index contributed by atoms with van der Waals surface area (Å²) >= 11 is 0. The van der Waals surface area contributed by atoms with Crippen LogP contribution in [0.4, 0.5) is 19.4 Å². The summed E-state index contributed by atoms with van der Waals surface area (Å²) in [6.45, 7) is 5.29. The van der Waals surface area contributed by atoms with Gasteiger partial charge in [0.15, 0.2) is 11.6 Å². The van der Waals surface area contributed by atoms with Gasteiger partial charge >= 0.3 is 6.03 Å². The fourth-order valence-electron chi connectivity index (χ4n) is 5.49. The molecule has 2 aliphatic rings. The molecule has 8 nitrogen and oxygen atoms in total. The van der Waals surface area contributed by atoms with Gasteiger partial charge in [0.2, 0.25) is 0 Å². The minimum absolute atomic E-state index is 0. The normalized spacial score (nSPS) is 20.6. The second kappa shape index (κ2) is 14.2. The third-order valence-electron chi connectivity index (χ3n) is 7.48. The predicted octanol–water partition coefficient (Wildman–Crippen LogP) is 4.96. The van der Waals surface area contributed by atoms with Crippen LogP contribution in [0.3, 0.4) is 0 Å². The van der Waals surface area contributed by atoms with Gasteiger partial charge in [-0.2, -0.15) is 5.10 Å². The summed E-state index contributed by atoms with van der Waals surface area (Å²) in [5, 5.41) is 14.5. The highest BCUT2D eigenvalue weighted by molar-refractivity contribution is 5.90. The second-order valence-electron chi connectivity index (χ2n) is 9.99. The highest BCUT2D eigenvalue weighted by Gasteiger charge is 2.35. The van der Waals surface area contributed by atoms with Gasteiger partial charge in [-0.3, -0.25) is 10.2 Å². The Balaban J connectivity index is 0.00000220. The van der Waals surface area contributed by atoms with Gasteiger partial charge in [0.05, 0.1) is 30.1 Å². The Bertz CT molecular complexity index is 1270. The first-order chi connectivity index (χ1) is 18.4. The molecule has 2 fully saturated rings. The molecular weight excluding hydrogens is 561 g/mol. The van der Waals surface area contributed by atoms with Gasteiger partial charge < -0.3 is 15.4 Å². The number of benzene rings is 2. The van der Waals surface area contributed by atoms with Crippen LogP contribution < -0.4 is 16.0 Å². The van der Waals surface area contributed by atoms with Crippen molar-refractivity contribution >= 4 is 36.7 Å². The van der Waals surface area contributed by atoms with E-state index in [-0.39, 0.29) is 48.8 Å². The fraction of sp³-hybridized carbons (Fsp3) is 0.429. The van der Waals surface area contributed by atoms with E-state index in [1.165, 1.54) is 6.07 Å². The number of anilines is 1. The standard InChI is InChI=1S/C28H34F2N6O2.2ClH/c1-18-26(24-9-6-12-31-24)34-36(20-7-4-3-5-8-20)27(18)33-28(37)32-25-17-35(13-14-38-2)16-21(25)19-10-11-22(29)23(30)15-19;;/h3-5,7-8,10-11,15,21,24-25,31H,6,9,12-14,16-17H2,1-2H3,(H2,32,33,37);2*1H/t21-,24?,25+;;/m0../s1. The van der Waals surface area contributed by atoms with E-state index in [1.54, 1.807) is 17.9 Å². The highest BCUT2D eigenvalue weighted by atomic mass is 35.5. The Morgan fingerprint density at radius 1 is 1.12 bits per heavy atom. The van der Waals surface area contributed by atoms with E-state index >= 15 is 0 Å². The van der Waals surface area contributed by atoms with Crippen LogP contribution in [0.2, 0.25) is 0 Å². The number of hydrogen-bond donors (Lipinski definition) is 3. The molecule has 3 N–H and O–H groups in total. The van der Waals surface area contributed by atoms with Crippen LogP contribution in [0, 0.1) is 18.6 Å². The van der Waals surface area contributed by atoms with Crippen LogP contribution in [0.15, 0.2) is 48.5 Å². The summed E-state index contributed by atoms with van der Waals surface area (Å²) in [4.78, 5) is 15.6. The topological polar surface area (TPSA) is 83.4 Å². The lowest BCUT2D eigenvalue weighted by atomic mass is 9.94. The SMILES string of the molecule is COCCN1C[C@@H](NC(=O)Nc2c(C)c(C3CCCN3)nn2-c2ccccc2)[C@H](c2ccc(F)c(F)c2)C1.Cl.Cl. The summed E-state index contributed by atoms with van der Waals surface area (Å²) in [6, 6.07) is 13.1. The van der Waals surface area contributed by atoms with Gasteiger partial charge in [-0.25, -0.2) is 18.3 Å². The summed E-state index contributed by atoms with van der Waals surface area (Å²) in [5.41, 5.74) is 3.33. The molecular formula is C28H36Cl2F2N6O2. The zero-order chi connectivity index (χ0) is 26.6. The van der Waals surface area contributed by atoms with Gasteiger partial charge in [0, 0.05) is 38.2 Å². The maximum atomic E-state index is 14.1. The molecule has 3 heterocycles. The van der Waals surface area contributed by atoms with Crippen LogP contribution in [0.1, 0.15) is 41.6 Å². The van der Waals surface area contributed by atoms with Crippen molar-refractivity contribution in [1.29, 1.82) is 0 Å². The first kappa shape index (κ1) is 31.8. The molecule has 0 spiro atoms. The second-order valence-corrected chi connectivity index (χ2v) is 9.99. The quantitative estimate of drug-likeness (QED) is 0.342. The lowest BCUT2D eigenvalue weighted by Crippen LogP contribution is -2.42. The monoisotopic (exact) mass is 596 g/mol. The lowest BCUT2D eigenvalue weighted by Gasteiger charge is -2.21. The largest absolute Gasteiger partial charge is 0.383 e. The number of likely N-dealkylation sites (tertiary alicyclic amines) is 1. The Morgan fingerprint density at radius 2 is 1.90 bits per heavy atom. The number of methoxy groups -OCH3 is 1. The molecule has 2 aromatic carbocycles. The third-order valence-corrected chi connectivity index (χ3v) is 7.48. The van der Waals surface area contributed by atoms with Crippen LogP contribution in [-0.2, 0) is 4.74 Å². The van der Waals surface area contributed by atoms with Crippen LogP contribution in [-0.4, -0.2) is 66.6 Å². The molecule has 1 aromatic heterocycles. The van der Waals surface area contributed by atoms with E-state index < -0.39 is 11.6 Å². The average Bonchev–Trinajstić information content (AvgIpc) is 3.65. The Kier molecular flexibility index (Phi) is 11.3. The van der Waals surface area contributed by atoms with Gasteiger partial charge in [0.25, 0.3) is 0 Å². The van der Waals surface area contributed by atoms with Crippen molar-refractivity contribution in [2.75, 3.05) is 45.2 Å². The molecule has 0 saturated carbocycles. The predicted molar refractivity (Wildman–Crippen MR) is 156 cm³/mol. The van der Waals surface area contributed by atoms with E-state index in [2.05, 4.69) is 20.9 Å². The lowest BCUT2D eigenvalue weighted by molar-refractivity contribution is 0.159. The summed E-state index contributed by atoms with van der Waals surface area (Å²) < 4.78 is 34.7. The first-order valence-corrected chi connectivity index (χ1v) is 13.1. The number of carbonyl (C=O) groups is 1. The van der Waals surface area contributed by atoms with E-state index in [0.29, 0.717) is 37.6 Å². The smallest absolute Gasteiger partial charge is 0.320 e. The van der Waals surface area contributed by atoms with Crippen molar-refractivity contribution in [2.24, 2.45) is 0 Å². The molecule has 0 bridgehead atoms. The van der Waals surface area contributed by atoms with Crippen LogP contribution in [0.25, 0.3) is 5.69 Å². The number of hydrogen-bond acceptors (Lipinski definition) is 5. The molecule has 0 radical (unpaired) electrons. The number of para-hydroxylation sites is 1. The molecule has 2 aliphatic heterocycles. The van der Waals surface area contributed by atoms with E-state index in [1.807, 2.05) is 37.3 Å². The molecule has 0 aliphatic carbocycles. The minimum atomic E-state index is -0.892. The highest BCUT2D eigenvalue weighted by Crippen LogP contribution is 2.32. The molecule has 12 heteroatoms. The number of aromatic nitrogens is 2. The summed E-state index contributed by atoms with van der Waals surface area (Å²) in [6.07, 6.45) is 2.08. The summed E-state index contributed by atoms with van der Waals surface area (Å²) in [7, 11) is 1.64. The summed E-state index contributed by atoms with van der Waals surface area (Å²) in [5.74, 6) is -1.37. The zero-order valence-corrected chi connectivity index (χ0v) is 24.2. The Labute approximate surface area is 245 Å². The van der Waals surface area contributed by atoms with Crippen LogP contribution in [0.5, 0.6) is 0 Å². The maximum Gasteiger partial charge on any atom is 0.320 e. The Morgan fingerprint density at radius 3 is 2.58 bits per heavy atom. The van der Waals surface area contributed by atoms with Gasteiger partial charge in [-0.1, -0.05) is 24.3 Å². The number of amides is 2. The van der Waals surface area contributed by atoms with Gasteiger partial charge in [-0.15, -0.1) is 24.8 Å². The number of nitrogens with one attached hydrogen (secondary N) is 3. The van der Waals surface area contributed by atoms with Gasteiger partial charge in [0.1, 0.15) is 5.82 Å². The van der Waals surface area contributed by atoms with Crippen molar-refractivity contribution in [3.05, 3.63) is 77.0 Å². The van der Waals surface area contributed by atoms with Crippen molar-refractivity contribution < 1.29 is 18.3 Å². The molecule has 40 heavy (non-hydrogen) atoms. The van der Waals surface area contributed by atoms with E-state index in [4.69, 9.17) is 9.84 Å². The molecule has 2 amide bonds. The van der Waals surface area contributed by atoms with E-state index in [0.717, 1.165) is 42.4 Å². The number of rotatable bonds is 8. The molecule has 218 valence electrons. The number of urea groups is 1. The number of carbonyl (C=O) groups excluding carboxylic acids is 1. The number of ether oxygens (including phenoxy) is 1. The molecule has 5 rings (SSSR count). The minimum Gasteiger partial charge on any atom is -0.383 e. The molecule has 3 aromatic rings. The first-order valence-electron chi connectivity index (χ1n) is 13.1. The Hall–Kier alpha value is -2.76. The van der Waals surface area contributed by atoms with Crippen molar-refractivity contribution in [3.8, 4) is 5.69 Å². The van der Waals surface area contributed by atoms with Crippen molar-refractivity contribution in [3.63, 3.8) is 0 Å². The number of halogens is 4. The molecule has 3 atom stereocenters. The average molecular weight is 598 g/mol.